The molecule has 2 N–H and O–H groups in total. The highest BCUT2D eigenvalue weighted by molar-refractivity contribution is 5.82. The third-order valence-electron chi connectivity index (χ3n) is 4.32. The van der Waals surface area contributed by atoms with Gasteiger partial charge in [-0.05, 0) is 57.0 Å². The molecule has 2 aliphatic rings. The van der Waals surface area contributed by atoms with Gasteiger partial charge in [-0.1, -0.05) is 13.8 Å². The number of piperidine rings is 1. The molecule has 0 bridgehead atoms. The normalized spacial score (nSPS) is 28.1. The fourth-order valence-electron chi connectivity index (χ4n) is 3.31. The molecule has 1 saturated carbocycles. The minimum absolute atomic E-state index is 0.305. The summed E-state index contributed by atoms with van der Waals surface area (Å²) in [6.07, 6.45) is 4.56. The number of carbonyl (C=O) groups is 1. The lowest BCUT2D eigenvalue weighted by Crippen LogP contribution is -2.37. The van der Waals surface area contributed by atoms with Crippen molar-refractivity contribution in [3.8, 4) is 0 Å². The second kappa shape index (κ2) is 4.97. The van der Waals surface area contributed by atoms with E-state index in [0.717, 1.165) is 25.9 Å². The van der Waals surface area contributed by atoms with E-state index in [4.69, 9.17) is 0 Å². The van der Waals surface area contributed by atoms with Gasteiger partial charge in [0.05, 0.1) is 0 Å². The Morgan fingerprint density at radius 1 is 1.35 bits per heavy atom. The average molecular weight is 238 g/mol. The summed E-state index contributed by atoms with van der Waals surface area (Å²) < 4.78 is 0. The van der Waals surface area contributed by atoms with E-state index in [-0.39, 0.29) is 0 Å². The molecule has 1 amide bonds. The van der Waals surface area contributed by atoms with Crippen molar-refractivity contribution in [1.82, 2.24) is 10.6 Å². The van der Waals surface area contributed by atoms with Crippen molar-refractivity contribution in [2.45, 2.75) is 52.5 Å². The summed E-state index contributed by atoms with van der Waals surface area (Å²) in [5, 5.41) is 6.56. The first-order valence-corrected chi connectivity index (χ1v) is 7.04. The topological polar surface area (TPSA) is 41.1 Å². The number of hydrogen-bond acceptors (Lipinski definition) is 2. The summed E-state index contributed by atoms with van der Waals surface area (Å²) in [6.45, 7) is 8.70. The predicted molar refractivity (Wildman–Crippen MR) is 69.7 cm³/mol. The van der Waals surface area contributed by atoms with E-state index in [1.54, 1.807) is 0 Å². The summed E-state index contributed by atoms with van der Waals surface area (Å²) in [7, 11) is 0. The molecule has 2 unspecified atom stereocenters. The highest BCUT2D eigenvalue weighted by atomic mass is 16.2. The third-order valence-corrected chi connectivity index (χ3v) is 4.32. The molecule has 2 rings (SSSR count). The molecule has 1 heterocycles. The van der Waals surface area contributed by atoms with Gasteiger partial charge < -0.3 is 10.6 Å². The van der Waals surface area contributed by atoms with Crippen molar-refractivity contribution in [3.63, 3.8) is 0 Å². The fourth-order valence-corrected chi connectivity index (χ4v) is 3.31. The SMILES string of the molecule is CC(C)CC(C)NC(=O)C1CC12CCNCC2. The van der Waals surface area contributed by atoms with Crippen molar-refractivity contribution < 1.29 is 4.79 Å². The Bertz CT molecular complexity index is 282. The van der Waals surface area contributed by atoms with E-state index in [2.05, 4.69) is 31.4 Å². The maximum atomic E-state index is 12.1. The van der Waals surface area contributed by atoms with Crippen LogP contribution in [0.1, 0.15) is 46.5 Å². The van der Waals surface area contributed by atoms with Gasteiger partial charge in [-0.3, -0.25) is 4.79 Å². The summed E-state index contributed by atoms with van der Waals surface area (Å²) in [5.74, 6) is 1.26. The van der Waals surface area contributed by atoms with Crippen LogP contribution in [0.4, 0.5) is 0 Å². The Morgan fingerprint density at radius 2 is 2.00 bits per heavy atom. The highest BCUT2D eigenvalue weighted by Gasteiger charge is 2.57. The maximum absolute atomic E-state index is 12.1. The van der Waals surface area contributed by atoms with Crippen LogP contribution in [0.15, 0.2) is 0 Å². The largest absolute Gasteiger partial charge is 0.353 e. The van der Waals surface area contributed by atoms with Gasteiger partial charge in [0.1, 0.15) is 0 Å². The number of carbonyl (C=O) groups excluding carboxylic acids is 1. The molecule has 98 valence electrons. The van der Waals surface area contributed by atoms with Crippen molar-refractivity contribution in [2.75, 3.05) is 13.1 Å². The Balaban J connectivity index is 1.78. The molecular formula is C14H26N2O. The molecule has 0 aromatic heterocycles. The van der Waals surface area contributed by atoms with E-state index < -0.39 is 0 Å². The molecule has 0 aromatic rings. The third kappa shape index (κ3) is 3.01. The molecule has 1 spiro atoms. The summed E-state index contributed by atoms with van der Waals surface area (Å²) in [4.78, 5) is 12.1. The van der Waals surface area contributed by atoms with Crippen LogP contribution in [-0.2, 0) is 4.79 Å². The zero-order chi connectivity index (χ0) is 12.5. The lowest BCUT2D eigenvalue weighted by molar-refractivity contribution is -0.124. The van der Waals surface area contributed by atoms with Crippen LogP contribution in [0, 0.1) is 17.3 Å². The quantitative estimate of drug-likeness (QED) is 0.786. The monoisotopic (exact) mass is 238 g/mol. The van der Waals surface area contributed by atoms with Crippen LogP contribution in [-0.4, -0.2) is 25.0 Å². The van der Waals surface area contributed by atoms with Gasteiger partial charge in [0, 0.05) is 12.0 Å². The van der Waals surface area contributed by atoms with E-state index in [1.807, 2.05) is 0 Å². The van der Waals surface area contributed by atoms with Crippen molar-refractivity contribution in [3.05, 3.63) is 0 Å². The molecule has 3 nitrogen and oxygen atoms in total. The van der Waals surface area contributed by atoms with Gasteiger partial charge in [-0.15, -0.1) is 0 Å². The highest BCUT2D eigenvalue weighted by Crippen LogP contribution is 2.58. The van der Waals surface area contributed by atoms with Crippen LogP contribution in [0.25, 0.3) is 0 Å². The van der Waals surface area contributed by atoms with Crippen LogP contribution in [0.3, 0.4) is 0 Å². The summed E-state index contributed by atoms with van der Waals surface area (Å²) >= 11 is 0. The minimum Gasteiger partial charge on any atom is -0.353 e. The maximum Gasteiger partial charge on any atom is 0.223 e. The molecular weight excluding hydrogens is 212 g/mol. The first-order chi connectivity index (χ1) is 8.03. The standard InChI is InChI=1S/C14H26N2O/c1-10(2)8-11(3)16-13(17)12-9-14(12)4-6-15-7-5-14/h10-12,15H,4-9H2,1-3H3,(H,16,17). The number of hydrogen-bond donors (Lipinski definition) is 2. The summed E-state index contributed by atoms with van der Waals surface area (Å²) in [6, 6.07) is 0.321. The van der Waals surface area contributed by atoms with E-state index >= 15 is 0 Å². The lowest BCUT2D eigenvalue weighted by Gasteiger charge is -2.24. The molecule has 3 heteroatoms. The molecule has 1 aliphatic heterocycles. The van der Waals surface area contributed by atoms with Gasteiger partial charge in [0.15, 0.2) is 0 Å². The molecule has 2 atom stereocenters. The Kier molecular flexibility index (Phi) is 3.76. The first kappa shape index (κ1) is 12.9. The van der Waals surface area contributed by atoms with E-state index in [9.17, 15) is 4.79 Å². The van der Waals surface area contributed by atoms with Crippen LogP contribution < -0.4 is 10.6 Å². The Morgan fingerprint density at radius 3 is 2.59 bits per heavy atom. The lowest BCUT2D eigenvalue weighted by atomic mass is 9.91. The van der Waals surface area contributed by atoms with Crippen LogP contribution in [0.2, 0.25) is 0 Å². The van der Waals surface area contributed by atoms with Crippen LogP contribution >= 0.6 is 0 Å². The first-order valence-electron chi connectivity index (χ1n) is 7.04. The Labute approximate surface area is 105 Å². The van der Waals surface area contributed by atoms with Gasteiger partial charge in [0.25, 0.3) is 0 Å². The van der Waals surface area contributed by atoms with E-state index in [1.165, 1.54) is 12.8 Å². The van der Waals surface area contributed by atoms with Crippen molar-refractivity contribution in [1.29, 1.82) is 0 Å². The Hall–Kier alpha value is -0.570. The molecule has 1 saturated heterocycles. The van der Waals surface area contributed by atoms with Crippen LogP contribution in [0.5, 0.6) is 0 Å². The fraction of sp³-hybridized carbons (Fsp3) is 0.929. The second-order valence-corrected chi connectivity index (χ2v) is 6.41. The minimum atomic E-state index is 0.305. The van der Waals surface area contributed by atoms with Gasteiger partial charge in [-0.2, -0.15) is 0 Å². The number of nitrogens with one attached hydrogen (secondary N) is 2. The number of amides is 1. The smallest absolute Gasteiger partial charge is 0.223 e. The molecule has 0 aromatic carbocycles. The van der Waals surface area contributed by atoms with E-state index in [0.29, 0.717) is 29.2 Å². The second-order valence-electron chi connectivity index (χ2n) is 6.41. The average Bonchev–Trinajstić information content (AvgIpc) is 2.92. The molecule has 2 fully saturated rings. The summed E-state index contributed by atoms with van der Waals surface area (Å²) in [5.41, 5.74) is 0.368. The predicted octanol–water partition coefficient (Wildman–Crippen LogP) is 1.93. The number of rotatable bonds is 4. The van der Waals surface area contributed by atoms with Gasteiger partial charge in [-0.25, -0.2) is 0 Å². The van der Waals surface area contributed by atoms with Crippen molar-refractivity contribution >= 4 is 5.91 Å². The molecule has 0 radical (unpaired) electrons. The zero-order valence-electron chi connectivity index (χ0n) is 11.4. The molecule has 17 heavy (non-hydrogen) atoms. The van der Waals surface area contributed by atoms with Gasteiger partial charge >= 0.3 is 0 Å². The van der Waals surface area contributed by atoms with Gasteiger partial charge in [0.2, 0.25) is 5.91 Å². The zero-order valence-corrected chi connectivity index (χ0v) is 11.4. The van der Waals surface area contributed by atoms with Crippen molar-refractivity contribution in [2.24, 2.45) is 17.3 Å². The molecule has 1 aliphatic carbocycles.